The minimum atomic E-state index is 0.278. The van der Waals surface area contributed by atoms with E-state index in [1.54, 1.807) is 30.2 Å². The summed E-state index contributed by atoms with van der Waals surface area (Å²) in [4.78, 5) is 8.33. The van der Waals surface area contributed by atoms with Crippen LogP contribution < -0.4 is 10.5 Å². The van der Waals surface area contributed by atoms with Gasteiger partial charge in [0, 0.05) is 24.2 Å². The van der Waals surface area contributed by atoms with E-state index < -0.39 is 0 Å². The van der Waals surface area contributed by atoms with Crippen LogP contribution in [0.4, 0.5) is 5.69 Å². The van der Waals surface area contributed by atoms with Crippen LogP contribution in [-0.4, -0.2) is 19.7 Å². The molecule has 1 aromatic carbocycles. The summed E-state index contributed by atoms with van der Waals surface area (Å²) < 4.78 is 7.02. The van der Waals surface area contributed by atoms with Crippen molar-refractivity contribution in [2.75, 3.05) is 5.73 Å². The number of benzene rings is 1. The molecule has 0 saturated heterocycles. The van der Waals surface area contributed by atoms with E-state index in [0.29, 0.717) is 11.6 Å². The van der Waals surface area contributed by atoms with Gasteiger partial charge in [-0.05, 0) is 24.3 Å². The molecule has 0 bridgehead atoms. The first-order chi connectivity index (χ1) is 8.70. The minimum absolute atomic E-state index is 0.278. The molecule has 0 radical (unpaired) electrons. The van der Waals surface area contributed by atoms with Gasteiger partial charge in [-0.1, -0.05) is 0 Å². The fourth-order valence-corrected chi connectivity index (χ4v) is 1.64. The lowest BCUT2D eigenvalue weighted by molar-refractivity contribution is 0.424. The zero-order valence-electron chi connectivity index (χ0n) is 9.74. The number of nitrogens with zero attached hydrogens (tertiary/aromatic N) is 4. The third-order valence-electron chi connectivity index (χ3n) is 2.46. The average molecular weight is 241 g/mol. The molecule has 90 valence electrons. The maximum Gasteiger partial charge on any atom is 0.342 e. The Morgan fingerprint density at radius 2 is 2.11 bits per heavy atom. The number of aryl methyl sites for hydroxylation is 1. The number of hydrogen-bond donors (Lipinski definition) is 1. The van der Waals surface area contributed by atoms with E-state index in [4.69, 9.17) is 10.5 Å². The second-order valence-corrected chi connectivity index (χ2v) is 3.90. The van der Waals surface area contributed by atoms with Crippen LogP contribution in [-0.2, 0) is 7.05 Å². The lowest BCUT2D eigenvalue weighted by Crippen LogP contribution is -1.92. The Morgan fingerprint density at radius 3 is 2.89 bits per heavy atom. The summed E-state index contributed by atoms with van der Waals surface area (Å²) >= 11 is 0. The molecule has 2 aromatic heterocycles. The number of fused-ring (bicyclic) bond motifs is 1. The van der Waals surface area contributed by atoms with E-state index in [9.17, 15) is 0 Å². The SMILES string of the molecule is Cn1cnc(Oc2ccc3cc(N)ccc3n2)n1. The van der Waals surface area contributed by atoms with E-state index >= 15 is 0 Å². The van der Waals surface area contributed by atoms with Crippen molar-refractivity contribution in [2.45, 2.75) is 0 Å². The van der Waals surface area contributed by atoms with E-state index in [1.165, 1.54) is 0 Å². The number of aromatic nitrogens is 4. The van der Waals surface area contributed by atoms with Gasteiger partial charge in [-0.25, -0.2) is 4.98 Å². The van der Waals surface area contributed by atoms with Gasteiger partial charge in [0.05, 0.1) is 5.52 Å². The molecular formula is C12H11N5O. The molecule has 0 aliphatic carbocycles. The van der Waals surface area contributed by atoms with Gasteiger partial charge in [-0.2, -0.15) is 4.98 Å². The van der Waals surface area contributed by atoms with Crippen molar-refractivity contribution in [1.29, 1.82) is 0 Å². The number of nitrogens with two attached hydrogens (primary N) is 1. The first kappa shape index (κ1) is 10.5. The molecule has 0 saturated carbocycles. The molecule has 0 spiro atoms. The number of pyridine rings is 1. The molecule has 0 aliphatic heterocycles. The van der Waals surface area contributed by atoms with Crippen LogP contribution >= 0.6 is 0 Å². The summed E-state index contributed by atoms with van der Waals surface area (Å²) in [6.07, 6.45) is 1.57. The molecule has 6 heteroatoms. The monoisotopic (exact) mass is 241 g/mol. The Morgan fingerprint density at radius 1 is 1.22 bits per heavy atom. The van der Waals surface area contributed by atoms with E-state index in [2.05, 4.69) is 15.1 Å². The first-order valence-electron chi connectivity index (χ1n) is 5.40. The van der Waals surface area contributed by atoms with Crippen molar-refractivity contribution in [3.8, 4) is 11.9 Å². The van der Waals surface area contributed by atoms with Crippen molar-refractivity contribution in [2.24, 2.45) is 7.05 Å². The van der Waals surface area contributed by atoms with Crippen LogP contribution in [0.1, 0.15) is 0 Å². The molecule has 3 aromatic rings. The third-order valence-corrected chi connectivity index (χ3v) is 2.46. The fraction of sp³-hybridized carbons (Fsp3) is 0.0833. The lowest BCUT2D eigenvalue weighted by atomic mass is 10.2. The zero-order chi connectivity index (χ0) is 12.5. The van der Waals surface area contributed by atoms with Crippen LogP contribution in [0.5, 0.6) is 11.9 Å². The normalized spacial score (nSPS) is 10.7. The van der Waals surface area contributed by atoms with Crippen molar-refractivity contribution < 1.29 is 4.74 Å². The maximum atomic E-state index is 5.71. The third kappa shape index (κ3) is 1.95. The van der Waals surface area contributed by atoms with Crippen LogP contribution in [0, 0.1) is 0 Å². The van der Waals surface area contributed by atoms with Gasteiger partial charge in [-0.3, -0.25) is 4.68 Å². The molecule has 0 aliphatic rings. The molecule has 0 fully saturated rings. The second kappa shape index (κ2) is 3.99. The number of ether oxygens (including phenoxy) is 1. The van der Waals surface area contributed by atoms with Crippen molar-refractivity contribution in [1.82, 2.24) is 19.7 Å². The highest BCUT2D eigenvalue weighted by atomic mass is 16.5. The number of anilines is 1. The molecule has 2 N–H and O–H groups in total. The molecular weight excluding hydrogens is 230 g/mol. The second-order valence-electron chi connectivity index (χ2n) is 3.90. The number of rotatable bonds is 2. The van der Waals surface area contributed by atoms with E-state index in [-0.39, 0.29) is 6.01 Å². The van der Waals surface area contributed by atoms with Crippen molar-refractivity contribution in [3.05, 3.63) is 36.7 Å². The quantitative estimate of drug-likeness (QED) is 0.691. The van der Waals surface area contributed by atoms with E-state index in [0.717, 1.165) is 10.9 Å². The van der Waals surface area contributed by atoms with Gasteiger partial charge in [0.2, 0.25) is 5.88 Å². The number of nitrogen functional groups attached to an aromatic ring is 1. The van der Waals surface area contributed by atoms with Crippen LogP contribution in [0.3, 0.4) is 0 Å². The average Bonchev–Trinajstić information content (AvgIpc) is 2.75. The Balaban J connectivity index is 1.96. The van der Waals surface area contributed by atoms with E-state index in [1.807, 2.05) is 18.2 Å². The fourth-order valence-electron chi connectivity index (χ4n) is 1.64. The summed E-state index contributed by atoms with van der Waals surface area (Å²) in [6, 6.07) is 9.46. The van der Waals surface area contributed by atoms with Gasteiger partial charge in [0.15, 0.2) is 0 Å². The van der Waals surface area contributed by atoms with Gasteiger partial charge >= 0.3 is 6.01 Å². The topological polar surface area (TPSA) is 78.9 Å². The standard InChI is InChI=1S/C12H11N5O/c1-17-7-14-12(16-17)18-11-5-2-8-6-9(13)3-4-10(8)15-11/h2-7H,13H2,1H3. The predicted octanol–water partition coefficient (Wildman–Crippen LogP) is 1.74. The predicted molar refractivity (Wildman–Crippen MR) is 67.2 cm³/mol. The van der Waals surface area contributed by atoms with Crippen LogP contribution in [0.15, 0.2) is 36.7 Å². The van der Waals surface area contributed by atoms with Crippen LogP contribution in [0.2, 0.25) is 0 Å². The minimum Gasteiger partial charge on any atom is -0.404 e. The van der Waals surface area contributed by atoms with Gasteiger partial charge in [0.1, 0.15) is 6.33 Å². The molecule has 0 amide bonds. The van der Waals surface area contributed by atoms with Gasteiger partial charge in [-0.15, -0.1) is 5.10 Å². The van der Waals surface area contributed by atoms with Gasteiger partial charge < -0.3 is 10.5 Å². The molecule has 0 atom stereocenters. The molecule has 0 unspecified atom stereocenters. The summed E-state index contributed by atoms with van der Waals surface area (Å²) in [5.41, 5.74) is 7.24. The Hall–Kier alpha value is -2.63. The Labute approximate surface area is 103 Å². The first-order valence-corrected chi connectivity index (χ1v) is 5.40. The largest absolute Gasteiger partial charge is 0.404 e. The Kier molecular flexibility index (Phi) is 2.33. The van der Waals surface area contributed by atoms with Crippen molar-refractivity contribution >= 4 is 16.6 Å². The molecule has 2 heterocycles. The molecule has 6 nitrogen and oxygen atoms in total. The number of hydrogen-bond acceptors (Lipinski definition) is 5. The summed E-state index contributed by atoms with van der Waals surface area (Å²) in [6.45, 7) is 0. The maximum absolute atomic E-state index is 5.71. The summed E-state index contributed by atoms with van der Waals surface area (Å²) in [7, 11) is 1.77. The highest BCUT2D eigenvalue weighted by molar-refractivity contribution is 5.82. The van der Waals surface area contributed by atoms with Gasteiger partial charge in [0.25, 0.3) is 0 Å². The summed E-state index contributed by atoms with van der Waals surface area (Å²) in [5.74, 6) is 0.457. The summed E-state index contributed by atoms with van der Waals surface area (Å²) in [5, 5.41) is 4.99. The lowest BCUT2D eigenvalue weighted by Gasteiger charge is -2.02. The highest BCUT2D eigenvalue weighted by Gasteiger charge is 2.04. The molecule has 3 rings (SSSR count). The van der Waals surface area contributed by atoms with Crippen molar-refractivity contribution in [3.63, 3.8) is 0 Å². The highest BCUT2D eigenvalue weighted by Crippen LogP contribution is 2.21. The Bertz CT molecular complexity index is 707. The van der Waals surface area contributed by atoms with Crippen LogP contribution in [0.25, 0.3) is 10.9 Å². The molecule has 18 heavy (non-hydrogen) atoms. The smallest absolute Gasteiger partial charge is 0.342 e. The zero-order valence-corrected chi connectivity index (χ0v) is 9.74.